The Hall–Kier alpha value is -1.19. The first-order valence-electron chi connectivity index (χ1n) is 3.73. The molecule has 0 aliphatic rings. The maximum Gasteiger partial charge on any atom is 0.0705 e. The molecule has 64 valence electrons. The van der Waals surface area contributed by atoms with Crippen LogP contribution in [0.5, 0.6) is 0 Å². The van der Waals surface area contributed by atoms with Crippen LogP contribution in [0, 0.1) is 0 Å². The standard InChI is InChI=1S/C9H12N2O/c1-2-7-4-3-5-9(11-7)8(10)6-12/h2-5,8,12H,1,6,10H2/t8-/m0/s1. The quantitative estimate of drug-likeness (QED) is 0.692. The van der Waals surface area contributed by atoms with E-state index in [1.807, 2.05) is 12.1 Å². The van der Waals surface area contributed by atoms with Gasteiger partial charge in [-0.25, -0.2) is 0 Å². The van der Waals surface area contributed by atoms with Gasteiger partial charge >= 0.3 is 0 Å². The molecule has 1 aromatic rings. The second-order valence-corrected chi connectivity index (χ2v) is 2.48. The van der Waals surface area contributed by atoms with Crippen LogP contribution in [-0.4, -0.2) is 16.7 Å². The van der Waals surface area contributed by atoms with Gasteiger partial charge in [0.05, 0.1) is 24.0 Å². The summed E-state index contributed by atoms with van der Waals surface area (Å²) >= 11 is 0. The van der Waals surface area contributed by atoms with E-state index in [4.69, 9.17) is 10.8 Å². The Kier molecular flexibility index (Phi) is 2.96. The van der Waals surface area contributed by atoms with Crippen molar-refractivity contribution in [3.63, 3.8) is 0 Å². The summed E-state index contributed by atoms with van der Waals surface area (Å²) < 4.78 is 0. The van der Waals surface area contributed by atoms with Gasteiger partial charge in [0, 0.05) is 0 Å². The monoisotopic (exact) mass is 164 g/mol. The molecule has 0 aliphatic heterocycles. The number of nitrogens with zero attached hydrogens (tertiary/aromatic N) is 1. The van der Waals surface area contributed by atoms with Crippen molar-refractivity contribution >= 4 is 6.08 Å². The van der Waals surface area contributed by atoms with Gasteiger partial charge in [0.15, 0.2) is 0 Å². The van der Waals surface area contributed by atoms with Crippen LogP contribution in [0.3, 0.4) is 0 Å². The van der Waals surface area contributed by atoms with Gasteiger partial charge in [0.1, 0.15) is 0 Å². The first kappa shape index (κ1) is 8.90. The Labute approximate surface area is 71.6 Å². The highest BCUT2D eigenvalue weighted by atomic mass is 16.3. The normalized spacial score (nSPS) is 12.5. The molecule has 3 nitrogen and oxygen atoms in total. The van der Waals surface area contributed by atoms with Gasteiger partial charge < -0.3 is 10.8 Å². The SMILES string of the molecule is C=Cc1cccc([C@@H](N)CO)n1. The number of pyridine rings is 1. The fraction of sp³-hybridized carbons (Fsp3) is 0.222. The largest absolute Gasteiger partial charge is 0.394 e. The van der Waals surface area contributed by atoms with E-state index in [1.54, 1.807) is 12.1 Å². The van der Waals surface area contributed by atoms with Crippen LogP contribution in [0.1, 0.15) is 17.4 Å². The topological polar surface area (TPSA) is 59.1 Å². The first-order chi connectivity index (χ1) is 5.77. The average Bonchev–Trinajstić information content (AvgIpc) is 2.17. The molecule has 3 heteroatoms. The summed E-state index contributed by atoms with van der Waals surface area (Å²) in [6, 6.07) is 5.06. The maximum atomic E-state index is 8.76. The van der Waals surface area contributed by atoms with E-state index in [9.17, 15) is 0 Å². The molecule has 0 fully saturated rings. The van der Waals surface area contributed by atoms with Gasteiger partial charge in [0.25, 0.3) is 0 Å². The second-order valence-electron chi connectivity index (χ2n) is 2.48. The van der Waals surface area contributed by atoms with Gasteiger partial charge in [-0.05, 0) is 18.2 Å². The number of aliphatic hydroxyl groups is 1. The highest BCUT2D eigenvalue weighted by molar-refractivity contribution is 5.41. The van der Waals surface area contributed by atoms with Crippen molar-refractivity contribution in [1.29, 1.82) is 0 Å². The first-order valence-corrected chi connectivity index (χ1v) is 3.73. The lowest BCUT2D eigenvalue weighted by Gasteiger charge is -2.07. The average molecular weight is 164 g/mol. The summed E-state index contributed by atoms with van der Waals surface area (Å²) in [4.78, 5) is 4.16. The van der Waals surface area contributed by atoms with E-state index < -0.39 is 6.04 Å². The molecule has 0 amide bonds. The molecule has 3 N–H and O–H groups in total. The highest BCUT2D eigenvalue weighted by Gasteiger charge is 2.04. The minimum Gasteiger partial charge on any atom is -0.394 e. The molecule has 0 aromatic carbocycles. The summed E-state index contributed by atoms with van der Waals surface area (Å²) in [7, 11) is 0. The van der Waals surface area contributed by atoms with Gasteiger partial charge in [-0.2, -0.15) is 0 Å². The van der Waals surface area contributed by atoms with E-state index in [1.165, 1.54) is 0 Å². The smallest absolute Gasteiger partial charge is 0.0705 e. The predicted octanol–water partition coefficient (Wildman–Crippen LogP) is 0.717. The van der Waals surface area contributed by atoms with Crippen molar-refractivity contribution in [3.8, 4) is 0 Å². The van der Waals surface area contributed by atoms with E-state index >= 15 is 0 Å². The lowest BCUT2D eigenvalue weighted by molar-refractivity contribution is 0.266. The van der Waals surface area contributed by atoms with Crippen LogP contribution in [0.4, 0.5) is 0 Å². The molecule has 0 unspecified atom stereocenters. The molecule has 1 aromatic heterocycles. The fourth-order valence-electron chi connectivity index (χ4n) is 0.883. The summed E-state index contributed by atoms with van der Waals surface area (Å²) in [5, 5.41) is 8.76. The molecule has 0 radical (unpaired) electrons. The van der Waals surface area contributed by atoms with Gasteiger partial charge in [-0.1, -0.05) is 12.6 Å². The second kappa shape index (κ2) is 3.99. The third kappa shape index (κ3) is 1.90. The molecule has 1 atom stereocenters. The highest BCUT2D eigenvalue weighted by Crippen LogP contribution is 2.07. The summed E-state index contributed by atoms with van der Waals surface area (Å²) in [6.07, 6.45) is 1.65. The third-order valence-corrected chi connectivity index (χ3v) is 1.58. The Morgan fingerprint density at radius 2 is 2.42 bits per heavy atom. The minimum atomic E-state index is -0.398. The van der Waals surface area contributed by atoms with Crippen molar-refractivity contribution in [2.75, 3.05) is 6.61 Å². The molecule has 0 spiro atoms. The summed E-state index contributed by atoms with van der Waals surface area (Å²) in [5.41, 5.74) is 7.04. The van der Waals surface area contributed by atoms with Crippen molar-refractivity contribution in [2.45, 2.75) is 6.04 Å². The van der Waals surface area contributed by atoms with Crippen LogP contribution < -0.4 is 5.73 Å². The fourth-order valence-corrected chi connectivity index (χ4v) is 0.883. The van der Waals surface area contributed by atoms with E-state index in [2.05, 4.69) is 11.6 Å². The van der Waals surface area contributed by atoms with Gasteiger partial charge in [-0.3, -0.25) is 4.98 Å². The molecule has 0 bridgehead atoms. The number of hydrogen-bond acceptors (Lipinski definition) is 3. The molecule has 0 aliphatic carbocycles. The Morgan fingerprint density at radius 3 is 3.00 bits per heavy atom. The lowest BCUT2D eigenvalue weighted by atomic mass is 10.2. The number of aliphatic hydroxyl groups excluding tert-OH is 1. The number of rotatable bonds is 3. The Balaban J connectivity index is 2.93. The zero-order valence-corrected chi connectivity index (χ0v) is 6.77. The zero-order chi connectivity index (χ0) is 8.97. The molecule has 0 saturated heterocycles. The van der Waals surface area contributed by atoms with Crippen molar-refractivity contribution in [1.82, 2.24) is 4.98 Å². The molecular weight excluding hydrogens is 152 g/mol. The molecule has 1 rings (SSSR count). The van der Waals surface area contributed by atoms with Gasteiger partial charge in [-0.15, -0.1) is 0 Å². The number of hydrogen-bond donors (Lipinski definition) is 2. The summed E-state index contributed by atoms with van der Waals surface area (Å²) in [5.74, 6) is 0. The van der Waals surface area contributed by atoms with E-state index in [-0.39, 0.29) is 6.61 Å². The van der Waals surface area contributed by atoms with Crippen LogP contribution in [0.25, 0.3) is 6.08 Å². The number of nitrogens with two attached hydrogens (primary N) is 1. The van der Waals surface area contributed by atoms with Crippen LogP contribution in [0.15, 0.2) is 24.8 Å². The Morgan fingerprint density at radius 1 is 1.67 bits per heavy atom. The summed E-state index contributed by atoms with van der Waals surface area (Å²) in [6.45, 7) is 3.50. The number of aromatic nitrogens is 1. The van der Waals surface area contributed by atoms with Crippen LogP contribution in [-0.2, 0) is 0 Å². The van der Waals surface area contributed by atoms with E-state index in [0.29, 0.717) is 5.69 Å². The van der Waals surface area contributed by atoms with Crippen molar-refractivity contribution < 1.29 is 5.11 Å². The predicted molar refractivity (Wildman–Crippen MR) is 48.3 cm³/mol. The van der Waals surface area contributed by atoms with Crippen molar-refractivity contribution in [3.05, 3.63) is 36.2 Å². The van der Waals surface area contributed by atoms with Crippen molar-refractivity contribution in [2.24, 2.45) is 5.73 Å². The third-order valence-electron chi connectivity index (χ3n) is 1.58. The molecule has 12 heavy (non-hydrogen) atoms. The molecule has 0 saturated carbocycles. The molecule has 1 heterocycles. The molecular formula is C9H12N2O. The Bertz CT molecular complexity index is 273. The lowest BCUT2D eigenvalue weighted by Crippen LogP contribution is -2.16. The van der Waals surface area contributed by atoms with E-state index in [0.717, 1.165) is 5.69 Å². The van der Waals surface area contributed by atoms with Gasteiger partial charge in [0.2, 0.25) is 0 Å². The minimum absolute atomic E-state index is 0.0897. The zero-order valence-electron chi connectivity index (χ0n) is 6.77. The van der Waals surface area contributed by atoms with Crippen LogP contribution >= 0.6 is 0 Å². The van der Waals surface area contributed by atoms with Crippen LogP contribution in [0.2, 0.25) is 0 Å². The maximum absolute atomic E-state index is 8.76.